The lowest BCUT2D eigenvalue weighted by molar-refractivity contribution is 0.0934. The molecule has 0 radical (unpaired) electrons. The maximum Gasteiger partial charge on any atom is 0.272 e. The number of nitrogens with one attached hydrogen (secondary N) is 4. The van der Waals surface area contributed by atoms with E-state index in [2.05, 4.69) is 250 Å². The third-order valence-corrected chi connectivity index (χ3v) is 26.6. The number of carbonyl (C=O) groups is 4. The van der Waals surface area contributed by atoms with Crippen molar-refractivity contribution in [1.82, 2.24) is 85.0 Å². The van der Waals surface area contributed by atoms with Crippen LogP contribution in [0, 0.1) is 13.8 Å². The van der Waals surface area contributed by atoms with Crippen molar-refractivity contribution >= 4 is 77.6 Å². The zero-order valence-electron chi connectivity index (χ0n) is 78.2. The maximum absolute atomic E-state index is 13.4. The van der Waals surface area contributed by atoms with E-state index in [9.17, 15) is 39.6 Å². The molecular formula is C113H117N17O8. The van der Waals surface area contributed by atoms with Gasteiger partial charge in [-0.25, -0.2) is 0 Å². The number of rotatable bonds is 28. The van der Waals surface area contributed by atoms with Gasteiger partial charge in [0.1, 0.15) is 0 Å². The smallest absolute Gasteiger partial charge is 0.272 e. The number of benzene rings is 12. The fourth-order valence-corrected chi connectivity index (χ4v) is 19.7. The van der Waals surface area contributed by atoms with Crippen molar-refractivity contribution in [3.63, 3.8) is 0 Å². The molecule has 9 heterocycles. The molecule has 8 N–H and O–H groups in total. The summed E-state index contributed by atoms with van der Waals surface area (Å²) in [6.07, 6.45) is 5.04. The molecule has 0 aliphatic carbocycles. The van der Waals surface area contributed by atoms with Crippen molar-refractivity contribution < 1.29 is 39.6 Å². The largest absolute Gasteiger partial charge is 0.394 e. The Labute approximate surface area is 803 Å². The van der Waals surface area contributed by atoms with Gasteiger partial charge in [0, 0.05) is 187 Å². The minimum Gasteiger partial charge on any atom is -0.394 e. The van der Waals surface area contributed by atoms with Gasteiger partial charge in [-0.2, -0.15) is 20.4 Å². The molecular weight excluding hydrogens is 1720 g/mol. The van der Waals surface area contributed by atoms with Gasteiger partial charge in [0.05, 0.1) is 58.1 Å². The predicted molar refractivity (Wildman–Crippen MR) is 540 cm³/mol. The van der Waals surface area contributed by atoms with Gasteiger partial charge in [0.25, 0.3) is 23.6 Å². The standard InChI is InChI=1S/C30H29N5O2.2C28H30N4O2.C27H28N4O2/c36-17-16-35-27-13-15-34(19-24-10-4-8-22-11-5-14-31-28(22)24)20-26(27)29(33-35)30(37)32-18-23-9-3-7-21-6-1-2-12-25(21)23;2*1-20-9-11-21(12-10-20)18-31-14-13-26-25(19-31)27(30-32(26)15-16-33)28(34)29-17-23-7-4-6-22-5-2-3-8-24(22)23;32-16-15-31-25-13-14-30(18-20-7-2-1-3-8-20)19-24(25)26(29-31)27(33)28-17-22-11-6-10-21-9-4-5-12-23(21)22/h1-12,14,36H,13,15-20H2,(H,32,37);2*2-12,33H,13-19H2,1H3,(H,29,34);1-12,32H,13-19H2,(H,28,33). The summed E-state index contributed by atoms with van der Waals surface area (Å²) < 4.78 is 7.23. The summed E-state index contributed by atoms with van der Waals surface area (Å²) in [6.45, 7) is 16.9. The van der Waals surface area contributed by atoms with E-state index in [1.165, 1.54) is 33.4 Å². The summed E-state index contributed by atoms with van der Waals surface area (Å²) in [6, 6.07) is 95.2. The Morgan fingerprint density at radius 2 is 0.543 bits per heavy atom. The molecule has 17 aromatic rings. The van der Waals surface area contributed by atoms with Crippen LogP contribution in [0.25, 0.3) is 54.0 Å². The van der Waals surface area contributed by atoms with Crippen LogP contribution in [-0.2, 0) is 130 Å². The van der Waals surface area contributed by atoms with E-state index in [1.807, 2.05) is 129 Å². The Hall–Kier alpha value is -14.5. The quantitative estimate of drug-likeness (QED) is 0.0226. The number of nitrogens with zero attached hydrogens (tertiary/aromatic N) is 13. The van der Waals surface area contributed by atoms with Gasteiger partial charge in [0.2, 0.25) is 0 Å². The molecule has 0 saturated carbocycles. The highest BCUT2D eigenvalue weighted by atomic mass is 16.3. The average molecular weight is 1840 g/mol. The van der Waals surface area contributed by atoms with Crippen molar-refractivity contribution in [2.75, 3.05) is 52.6 Å². The molecule has 21 rings (SSSR count). The summed E-state index contributed by atoms with van der Waals surface area (Å²) in [7, 11) is 0. The lowest BCUT2D eigenvalue weighted by Gasteiger charge is -2.28. The first-order valence-corrected chi connectivity index (χ1v) is 47.8. The maximum atomic E-state index is 13.4. The number of fused-ring (bicyclic) bond motifs is 9. The van der Waals surface area contributed by atoms with Gasteiger partial charge in [-0.1, -0.05) is 284 Å². The van der Waals surface area contributed by atoms with Crippen molar-refractivity contribution in [3.8, 4) is 0 Å². The minimum absolute atomic E-state index is 0.00108. The number of aromatic nitrogens is 9. The van der Waals surface area contributed by atoms with Crippen LogP contribution in [0.15, 0.2) is 285 Å². The molecule has 702 valence electrons. The molecule has 138 heavy (non-hydrogen) atoms. The van der Waals surface area contributed by atoms with Gasteiger partial charge in [-0.15, -0.1) is 0 Å². The van der Waals surface area contributed by atoms with Gasteiger partial charge in [-0.3, -0.25) is 62.5 Å². The molecule has 4 aliphatic heterocycles. The summed E-state index contributed by atoms with van der Waals surface area (Å²) in [5.74, 6) is -0.692. The Kier molecular flexibility index (Phi) is 30.3. The molecule has 4 amide bonds. The number of carbonyl (C=O) groups excluding carboxylic acids is 4. The normalized spacial score (nSPS) is 13.7. The predicted octanol–water partition coefficient (Wildman–Crippen LogP) is 15.2. The summed E-state index contributed by atoms with van der Waals surface area (Å²) in [5.41, 5.74) is 22.7. The monoisotopic (exact) mass is 1840 g/mol. The summed E-state index contributed by atoms with van der Waals surface area (Å²) in [4.78, 5) is 67.2. The Morgan fingerprint density at radius 1 is 0.283 bits per heavy atom. The summed E-state index contributed by atoms with van der Waals surface area (Å²) in [5, 5.41) is 79.3. The number of para-hydroxylation sites is 1. The van der Waals surface area contributed by atoms with Gasteiger partial charge >= 0.3 is 0 Å². The molecule has 0 bridgehead atoms. The van der Waals surface area contributed by atoms with Crippen LogP contribution in [0.3, 0.4) is 0 Å². The van der Waals surface area contributed by atoms with E-state index in [-0.39, 0.29) is 50.1 Å². The second kappa shape index (κ2) is 44.5. The number of amides is 4. The van der Waals surface area contributed by atoms with E-state index >= 15 is 0 Å². The first-order valence-electron chi connectivity index (χ1n) is 47.8. The van der Waals surface area contributed by atoms with Crippen LogP contribution in [0.5, 0.6) is 0 Å². The number of aryl methyl sites for hydroxylation is 2. The molecule has 0 saturated heterocycles. The second-order valence-corrected chi connectivity index (χ2v) is 36.0. The highest BCUT2D eigenvalue weighted by molar-refractivity contribution is 5.98. The van der Waals surface area contributed by atoms with E-state index in [4.69, 9.17) is 0 Å². The molecule has 0 spiro atoms. The van der Waals surface area contributed by atoms with Gasteiger partial charge in [-0.05, 0) is 108 Å². The van der Waals surface area contributed by atoms with Crippen LogP contribution >= 0.6 is 0 Å². The Morgan fingerprint density at radius 3 is 0.855 bits per heavy atom. The number of aliphatic hydroxyl groups is 4. The van der Waals surface area contributed by atoms with Gasteiger partial charge in [0.15, 0.2) is 22.8 Å². The van der Waals surface area contributed by atoms with Crippen molar-refractivity contribution in [1.29, 1.82) is 0 Å². The number of aliphatic hydroxyl groups excluding tert-OH is 4. The molecule has 0 atom stereocenters. The third-order valence-electron chi connectivity index (χ3n) is 26.6. The van der Waals surface area contributed by atoms with E-state index in [1.54, 1.807) is 4.68 Å². The molecule has 0 unspecified atom stereocenters. The fourth-order valence-electron chi connectivity index (χ4n) is 19.7. The Bertz CT molecular complexity index is 6940. The topological polar surface area (TPSA) is 294 Å². The van der Waals surface area contributed by atoms with Crippen LogP contribution in [0.2, 0.25) is 0 Å². The molecule has 0 fully saturated rings. The van der Waals surface area contributed by atoms with Crippen LogP contribution in [0.1, 0.15) is 143 Å². The van der Waals surface area contributed by atoms with Gasteiger partial charge < -0.3 is 41.7 Å². The zero-order chi connectivity index (χ0) is 94.8. The van der Waals surface area contributed by atoms with Crippen molar-refractivity contribution in [2.24, 2.45) is 0 Å². The minimum atomic E-state index is -0.186. The molecule has 4 aliphatic rings. The first kappa shape index (κ1) is 93.9. The zero-order valence-corrected chi connectivity index (χ0v) is 78.2. The second-order valence-electron chi connectivity index (χ2n) is 36.0. The number of hydrogen-bond acceptors (Lipinski definition) is 17. The molecule has 25 heteroatoms. The lowest BCUT2D eigenvalue weighted by Crippen LogP contribution is -2.32. The average Bonchev–Trinajstić information content (AvgIpc) is 1.66. The SMILES string of the molecule is Cc1ccc(CN2CCc3c(c(C(=O)NCc4cccc5ccccc45)nn3CCO)C2)cc1.Cc1ccc(CN2CCc3c(c(C(=O)NCc4cccc5ccccc45)nn3CCO)C2)cc1.O=C(NCc1cccc2ccccc12)c1nn(CCO)c2c1CN(Cc1cccc3cccnc13)CC2.O=C(NCc1cccc2ccccc12)c1nn(CCO)c2c1CN(Cc1ccccc1)CC2. The highest BCUT2D eigenvalue weighted by Crippen LogP contribution is 2.33. The van der Waals surface area contributed by atoms with Crippen LogP contribution in [-0.4, -0.2) is 160 Å². The Balaban J connectivity index is 0.000000122. The fraction of sp³-hybridized carbons (Fsp3) is 0.265. The van der Waals surface area contributed by atoms with Crippen LogP contribution in [0.4, 0.5) is 0 Å². The van der Waals surface area contributed by atoms with Crippen molar-refractivity contribution in [2.45, 2.75) is 144 Å². The highest BCUT2D eigenvalue weighted by Gasteiger charge is 2.34. The summed E-state index contributed by atoms with van der Waals surface area (Å²) >= 11 is 0. The van der Waals surface area contributed by atoms with Crippen molar-refractivity contribution in [3.05, 3.63) is 409 Å². The van der Waals surface area contributed by atoms with E-state index in [0.29, 0.717) is 101 Å². The third kappa shape index (κ3) is 22.1. The van der Waals surface area contributed by atoms with Crippen LogP contribution < -0.4 is 21.3 Å². The lowest BCUT2D eigenvalue weighted by atomic mass is 10.0. The first-order chi connectivity index (χ1) is 67.7. The molecule has 12 aromatic carbocycles. The molecule has 25 nitrogen and oxygen atoms in total. The van der Waals surface area contributed by atoms with E-state index < -0.39 is 0 Å². The molecule has 5 aromatic heterocycles. The number of pyridine rings is 1. The number of hydrogen-bond donors (Lipinski definition) is 8. The van der Waals surface area contributed by atoms with E-state index in [0.717, 1.165) is 199 Å².